The van der Waals surface area contributed by atoms with Crippen molar-refractivity contribution in [2.24, 2.45) is 0 Å². The van der Waals surface area contributed by atoms with E-state index in [1.54, 1.807) is 0 Å². The maximum Gasteiger partial charge on any atom is 0.0795 e. The van der Waals surface area contributed by atoms with Crippen molar-refractivity contribution in [3.63, 3.8) is 0 Å². The van der Waals surface area contributed by atoms with Crippen molar-refractivity contribution < 1.29 is 0 Å². The van der Waals surface area contributed by atoms with Gasteiger partial charge in [-0.25, -0.2) is 0 Å². The van der Waals surface area contributed by atoms with Crippen LogP contribution in [-0.2, 0) is 0 Å². The maximum absolute atomic E-state index is 4.49. The minimum Gasteiger partial charge on any atom is -0.256 e. The van der Waals surface area contributed by atoms with Crippen LogP contribution in [0.3, 0.4) is 0 Å². The third kappa shape index (κ3) is 1.26. The van der Waals surface area contributed by atoms with Crippen molar-refractivity contribution in [3.8, 4) is 0 Å². The zero-order valence-corrected chi connectivity index (χ0v) is 8.44. The van der Waals surface area contributed by atoms with Crippen molar-refractivity contribution in [3.05, 3.63) is 48.3 Å². The molecule has 0 bridgehead atoms. The number of hydrogen-bond acceptors (Lipinski definition) is 2. The fraction of sp³-hybridized carbons (Fsp3) is 0.0769. The predicted molar refractivity (Wildman–Crippen MR) is 61.8 cm³/mol. The van der Waals surface area contributed by atoms with Gasteiger partial charge in [-0.05, 0) is 31.2 Å². The molecule has 0 fully saturated rings. The highest BCUT2D eigenvalue weighted by Gasteiger charge is 2.01. The monoisotopic (exact) mass is 194 g/mol. The third-order valence-electron chi connectivity index (χ3n) is 2.58. The Morgan fingerprint density at radius 1 is 1.00 bits per heavy atom. The SMILES string of the molecule is Cc1ccc2c(ccc3cccnc32)n1. The van der Waals surface area contributed by atoms with Crippen molar-refractivity contribution in [2.75, 3.05) is 0 Å². The molecule has 0 aliphatic rings. The van der Waals surface area contributed by atoms with Gasteiger partial charge in [-0.3, -0.25) is 9.97 Å². The number of pyridine rings is 2. The average molecular weight is 194 g/mol. The van der Waals surface area contributed by atoms with E-state index in [0.29, 0.717) is 0 Å². The minimum atomic E-state index is 1.02. The van der Waals surface area contributed by atoms with Gasteiger partial charge in [0.1, 0.15) is 0 Å². The van der Waals surface area contributed by atoms with Gasteiger partial charge in [-0.15, -0.1) is 0 Å². The zero-order chi connectivity index (χ0) is 10.3. The van der Waals surface area contributed by atoms with Gasteiger partial charge < -0.3 is 0 Å². The van der Waals surface area contributed by atoms with E-state index in [9.17, 15) is 0 Å². The van der Waals surface area contributed by atoms with Gasteiger partial charge in [0.25, 0.3) is 0 Å². The molecule has 2 heterocycles. The van der Waals surface area contributed by atoms with Crippen molar-refractivity contribution in [2.45, 2.75) is 6.92 Å². The van der Waals surface area contributed by atoms with Crippen LogP contribution in [0.5, 0.6) is 0 Å². The first-order valence-corrected chi connectivity index (χ1v) is 4.96. The highest BCUT2D eigenvalue weighted by Crippen LogP contribution is 2.21. The van der Waals surface area contributed by atoms with E-state index in [2.05, 4.69) is 28.2 Å². The van der Waals surface area contributed by atoms with Gasteiger partial charge in [0, 0.05) is 22.7 Å². The molecular weight excluding hydrogens is 184 g/mol. The Hall–Kier alpha value is -1.96. The number of nitrogens with zero attached hydrogens (tertiary/aromatic N) is 2. The molecule has 2 nitrogen and oxygen atoms in total. The molecule has 0 spiro atoms. The fourth-order valence-electron chi connectivity index (χ4n) is 1.85. The first-order chi connectivity index (χ1) is 7.34. The highest BCUT2D eigenvalue weighted by atomic mass is 14.7. The van der Waals surface area contributed by atoms with E-state index in [1.807, 2.05) is 31.3 Å². The molecule has 1 aromatic carbocycles. The second-order valence-corrected chi connectivity index (χ2v) is 3.66. The van der Waals surface area contributed by atoms with Crippen LogP contribution in [0.25, 0.3) is 21.8 Å². The van der Waals surface area contributed by atoms with Crippen molar-refractivity contribution in [1.82, 2.24) is 9.97 Å². The lowest BCUT2D eigenvalue weighted by Crippen LogP contribution is -1.85. The lowest BCUT2D eigenvalue weighted by Gasteiger charge is -2.02. The van der Waals surface area contributed by atoms with Crippen LogP contribution in [0.1, 0.15) is 5.69 Å². The lowest BCUT2D eigenvalue weighted by atomic mass is 10.1. The number of fused-ring (bicyclic) bond motifs is 3. The van der Waals surface area contributed by atoms with Gasteiger partial charge in [0.05, 0.1) is 11.0 Å². The molecule has 2 aromatic heterocycles. The zero-order valence-electron chi connectivity index (χ0n) is 8.44. The van der Waals surface area contributed by atoms with E-state index in [-0.39, 0.29) is 0 Å². The number of aromatic nitrogens is 2. The summed E-state index contributed by atoms with van der Waals surface area (Å²) in [6, 6.07) is 12.3. The van der Waals surface area contributed by atoms with Gasteiger partial charge >= 0.3 is 0 Å². The Bertz CT molecular complexity index is 644. The quantitative estimate of drug-likeness (QED) is 0.514. The van der Waals surface area contributed by atoms with Crippen LogP contribution in [0.4, 0.5) is 0 Å². The van der Waals surface area contributed by atoms with E-state index in [0.717, 1.165) is 27.5 Å². The molecule has 3 rings (SSSR count). The lowest BCUT2D eigenvalue weighted by molar-refractivity contribution is 1.26. The minimum absolute atomic E-state index is 1.02. The standard InChI is InChI=1S/C13H10N2/c1-9-4-6-11-12(15-9)7-5-10-3-2-8-14-13(10)11/h2-8H,1H3. The van der Waals surface area contributed by atoms with Crippen LogP contribution in [-0.4, -0.2) is 9.97 Å². The number of hydrogen-bond donors (Lipinski definition) is 0. The molecule has 0 saturated carbocycles. The molecule has 0 aliphatic carbocycles. The normalized spacial score (nSPS) is 11.0. The molecule has 0 N–H and O–H groups in total. The van der Waals surface area contributed by atoms with Crippen LogP contribution < -0.4 is 0 Å². The van der Waals surface area contributed by atoms with Gasteiger partial charge in [-0.1, -0.05) is 12.1 Å². The smallest absolute Gasteiger partial charge is 0.0795 e. The van der Waals surface area contributed by atoms with E-state index < -0.39 is 0 Å². The summed E-state index contributed by atoms with van der Waals surface area (Å²) in [5.41, 5.74) is 3.08. The van der Waals surface area contributed by atoms with Crippen LogP contribution in [0.2, 0.25) is 0 Å². The predicted octanol–water partition coefficient (Wildman–Crippen LogP) is 3.09. The molecule has 0 radical (unpaired) electrons. The number of rotatable bonds is 0. The fourth-order valence-corrected chi connectivity index (χ4v) is 1.85. The molecule has 2 heteroatoms. The molecule has 0 atom stereocenters. The third-order valence-corrected chi connectivity index (χ3v) is 2.58. The Balaban J connectivity index is 2.55. The summed E-state index contributed by atoms with van der Waals surface area (Å²) >= 11 is 0. The molecule has 0 saturated heterocycles. The first kappa shape index (κ1) is 8.36. The molecular formula is C13H10N2. The van der Waals surface area contributed by atoms with Gasteiger partial charge in [0.15, 0.2) is 0 Å². The van der Waals surface area contributed by atoms with E-state index >= 15 is 0 Å². The first-order valence-electron chi connectivity index (χ1n) is 4.96. The maximum atomic E-state index is 4.49. The summed E-state index contributed by atoms with van der Waals surface area (Å²) < 4.78 is 0. The Labute approximate surface area is 87.6 Å². The second kappa shape index (κ2) is 3.02. The summed E-state index contributed by atoms with van der Waals surface area (Å²) in [5, 5.41) is 2.29. The van der Waals surface area contributed by atoms with Crippen LogP contribution >= 0.6 is 0 Å². The topological polar surface area (TPSA) is 25.8 Å². The Morgan fingerprint density at radius 2 is 1.93 bits per heavy atom. The molecule has 72 valence electrons. The Kier molecular flexibility index (Phi) is 1.68. The largest absolute Gasteiger partial charge is 0.256 e. The average Bonchev–Trinajstić information content (AvgIpc) is 2.28. The summed E-state index contributed by atoms with van der Waals surface area (Å²) in [7, 11) is 0. The summed E-state index contributed by atoms with van der Waals surface area (Å²) in [6.45, 7) is 2.00. The highest BCUT2D eigenvalue weighted by molar-refractivity contribution is 6.03. The van der Waals surface area contributed by atoms with Crippen molar-refractivity contribution in [1.29, 1.82) is 0 Å². The van der Waals surface area contributed by atoms with Crippen LogP contribution in [0.15, 0.2) is 42.6 Å². The summed E-state index contributed by atoms with van der Waals surface area (Å²) in [4.78, 5) is 8.88. The van der Waals surface area contributed by atoms with Crippen LogP contribution in [0, 0.1) is 6.92 Å². The van der Waals surface area contributed by atoms with Gasteiger partial charge in [-0.2, -0.15) is 0 Å². The van der Waals surface area contributed by atoms with Crippen molar-refractivity contribution >= 4 is 21.8 Å². The molecule has 3 aromatic rings. The molecule has 0 amide bonds. The van der Waals surface area contributed by atoms with E-state index in [1.165, 1.54) is 0 Å². The second-order valence-electron chi connectivity index (χ2n) is 3.66. The molecule has 0 unspecified atom stereocenters. The van der Waals surface area contributed by atoms with Gasteiger partial charge in [0.2, 0.25) is 0 Å². The number of aryl methyl sites for hydroxylation is 1. The van der Waals surface area contributed by atoms with E-state index in [4.69, 9.17) is 0 Å². The molecule has 15 heavy (non-hydrogen) atoms. The summed E-state index contributed by atoms with van der Waals surface area (Å²) in [5.74, 6) is 0. The summed E-state index contributed by atoms with van der Waals surface area (Å²) in [6.07, 6.45) is 1.82. The molecule has 0 aliphatic heterocycles. The Morgan fingerprint density at radius 3 is 2.87 bits per heavy atom. The number of benzene rings is 1.